The zero-order chi connectivity index (χ0) is 18.5. The van der Waals surface area contributed by atoms with Crippen LogP contribution in [0.5, 0.6) is 0 Å². The van der Waals surface area contributed by atoms with Gasteiger partial charge in [0.25, 0.3) is 5.84 Å². The molecule has 0 unspecified atom stereocenters. The number of hydrogen-bond donors (Lipinski definition) is 2. The van der Waals surface area contributed by atoms with Crippen molar-refractivity contribution in [3.8, 4) is 12.1 Å². The first-order chi connectivity index (χ1) is 11.9. The molecule has 1 aliphatic carbocycles. The van der Waals surface area contributed by atoms with Gasteiger partial charge in [-0.3, -0.25) is 5.73 Å². The molecule has 25 heavy (non-hydrogen) atoms. The predicted molar refractivity (Wildman–Crippen MR) is 86.4 cm³/mol. The lowest BCUT2D eigenvalue weighted by atomic mass is 9.93. The molecule has 6 nitrogen and oxygen atoms in total. The second kappa shape index (κ2) is 5.67. The molecule has 2 aliphatic rings. The first-order valence-corrected chi connectivity index (χ1v) is 8.25. The molecular weight excluding hydrogens is 347 g/mol. The van der Waals surface area contributed by atoms with Crippen LogP contribution < -0.4 is 10.7 Å². The number of benzene rings is 1. The van der Waals surface area contributed by atoms with Crippen LogP contribution in [0.25, 0.3) is 0 Å². The fourth-order valence-corrected chi connectivity index (χ4v) is 4.35. The Bertz CT molecular complexity index is 820. The summed E-state index contributed by atoms with van der Waals surface area (Å²) in [5, 5.41) is 20.1. The Morgan fingerprint density at radius 2 is 1.92 bits per heavy atom. The summed E-state index contributed by atoms with van der Waals surface area (Å²) in [5.41, 5.74) is 3.11. The summed E-state index contributed by atoms with van der Waals surface area (Å²) in [7, 11) is 0. The summed E-state index contributed by atoms with van der Waals surface area (Å²) in [6.45, 7) is 3.85. The van der Waals surface area contributed by atoms with Gasteiger partial charge in [-0.05, 0) is 26.0 Å². The first-order valence-electron chi connectivity index (χ1n) is 7.87. The largest absolute Gasteiger partial charge is 0.343 e. The molecule has 1 heterocycles. The monoisotopic (exact) mass is 363 g/mol. The van der Waals surface area contributed by atoms with E-state index in [9.17, 15) is 14.9 Å². The zero-order valence-electron chi connectivity index (χ0n) is 13.8. The van der Waals surface area contributed by atoms with Gasteiger partial charge in [-0.2, -0.15) is 10.5 Å². The SMILES string of the molecule is CCOC1(OCC)[NH+]=C(N)[C@@]2(C#N)[C@@H](c3c(F)cccc3Cl)[C@@]12C#N. The van der Waals surface area contributed by atoms with E-state index in [-0.39, 0.29) is 29.6 Å². The maximum atomic E-state index is 14.6. The first kappa shape index (κ1) is 17.6. The second-order valence-electron chi connectivity index (χ2n) is 5.93. The number of hydrogen-bond acceptors (Lipinski definition) is 5. The van der Waals surface area contributed by atoms with Crippen LogP contribution in [0.2, 0.25) is 5.02 Å². The van der Waals surface area contributed by atoms with Crippen LogP contribution in [-0.4, -0.2) is 25.0 Å². The van der Waals surface area contributed by atoms with Crippen molar-refractivity contribution in [2.75, 3.05) is 13.2 Å². The minimum atomic E-state index is -1.65. The van der Waals surface area contributed by atoms with E-state index >= 15 is 0 Å². The summed E-state index contributed by atoms with van der Waals surface area (Å²) < 4.78 is 26.0. The predicted octanol–water partition coefficient (Wildman–Crippen LogP) is 0.774. The van der Waals surface area contributed by atoms with E-state index in [1.165, 1.54) is 18.2 Å². The fourth-order valence-electron chi connectivity index (χ4n) is 4.07. The van der Waals surface area contributed by atoms with Crippen LogP contribution >= 0.6 is 11.6 Å². The van der Waals surface area contributed by atoms with Gasteiger partial charge < -0.3 is 9.47 Å². The molecule has 1 fully saturated rings. The summed E-state index contributed by atoms with van der Waals surface area (Å²) in [5.74, 6) is -3.15. The Labute approximate surface area is 149 Å². The van der Waals surface area contributed by atoms with Gasteiger partial charge in [-0.15, -0.1) is 0 Å². The molecule has 1 aromatic rings. The molecule has 0 radical (unpaired) electrons. The highest BCUT2D eigenvalue weighted by Crippen LogP contribution is 2.79. The average Bonchev–Trinajstić information content (AvgIpc) is 3.13. The number of fused-ring (bicyclic) bond motifs is 1. The normalized spacial score (nSPS) is 31.6. The fraction of sp³-hybridized carbons (Fsp3) is 0.471. The van der Waals surface area contributed by atoms with Gasteiger partial charge >= 0.3 is 5.91 Å². The summed E-state index contributed by atoms with van der Waals surface area (Å²) in [6, 6.07) is 8.44. The number of nitriles is 2. The van der Waals surface area contributed by atoms with E-state index in [1.807, 2.05) is 0 Å². The minimum absolute atomic E-state index is 0.0165. The molecule has 3 rings (SSSR count). The van der Waals surface area contributed by atoms with E-state index < -0.39 is 28.5 Å². The Morgan fingerprint density at radius 3 is 2.40 bits per heavy atom. The van der Waals surface area contributed by atoms with Gasteiger partial charge in [-0.1, -0.05) is 17.7 Å². The quantitative estimate of drug-likeness (QED) is 0.752. The van der Waals surface area contributed by atoms with Gasteiger partial charge in [0.2, 0.25) is 0 Å². The van der Waals surface area contributed by atoms with Crippen molar-refractivity contribution >= 4 is 17.4 Å². The highest BCUT2D eigenvalue weighted by molar-refractivity contribution is 6.31. The minimum Gasteiger partial charge on any atom is -0.314 e. The van der Waals surface area contributed by atoms with Crippen LogP contribution in [0.15, 0.2) is 18.2 Å². The van der Waals surface area contributed by atoms with Crippen molar-refractivity contribution in [3.05, 3.63) is 34.6 Å². The van der Waals surface area contributed by atoms with Crippen molar-refractivity contribution in [1.82, 2.24) is 0 Å². The maximum Gasteiger partial charge on any atom is 0.343 e. The van der Waals surface area contributed by atoms with Gasteiger partial charge in [0.15, 0.2) is 10.8 Å². The summed E-state index contributed by atoms with van der Waals surface area (Å²) >= 11 is 6.20. The Kier molecular flexibility index (Phi) is 4.00. The van der Waals surface area contributed by atoms with Crippen molar-refractivity contribution < 1.29 is 18.9 Å². The lowest BCUT2D eigenvalue weighted by Gasteiger charge is -2.29. The van der Waals surface area contributed by atoms with Gasteiger partial charge in [0.05, 0.1) is 31.3 Å². The average molecular weight is 364 g/mol. The number of amidine groups is 1. The van der Waals surface area contributed by atoms with Crippen LogP contribution in [0, 0.1) is 39.3 Å². The highest BCUT2D eigenvalue weighted by atomic mass is 35.5. The second-order valence-corrected chi connectivity index (χ2v) is 6.34. The van der Waals surface area contributed by atoms with Crippen LogP contribution in [0.3, 0.4) is 0 Å². The molecule has 3 atom stereocenters. The van der Waals surface area contributed by atoms with Crippen LogP contribution in [-0.2, 0) is 9.47 Å². The van der Waals surface area contributed by atoms with Crippen molar-refractivity contribution in [3.63, 3.8) is 0 Å². The Balaban J connectivity index is 2.29. The van der Waals surface area contributed by atoms with Crippen molar-refractivity contribution in [1.29, 1.82) is 10.5 Å². The maximum absolute atomic E-state index is 14.6. The molecule has 0 saturated heterocycles. The van der Waals surface area contributed by atoms with Crippen LogP contribution in [0.4, 0.5) is 4.39 Å². The van der Waals surface area contributed by atoms with Crippen molar-refractivity contribution in [2.45, 2.75) is 25.7 Å². The molecule has 1 aliphatic heterocycles. The summed E-state index contributed by atoms with van der Waals surface area (Å²) in [6.07, 6.45) is 0. The third-order valence-electron chi connectivity index (χ3n) is 4.98. The number of rotatable bonds is 5. The number of nitrogens with one attached hydrogen (secondary N) is 1. The lowest BCUT2D eigenvalue weighted by molar-refractivity contribution is -0.693. The molecular formula is C17H17ClFN4O2+. The van der Waals surface area contributed by atoms with Gasteiger partial charge in [0, 0.05) is 10.6 Å². The van der Waals surface area contributed by atoms with Gasteiger partial charge in [0.1, 0.15) is 5.82 Å². The number of nitrogens with zero attached hydrogens (tertiary/aromatic N) is 2. The molecule has 1 saturated carbocycles. The summed E-state index contributed by atoms with van der Waals surface area (Å²) in [4.78, 5) is 2.83. The third kappa shape index (κ3) is 1.81. The molecule has 0 aromatic heterocycles. The van der Waals surface area contributed by atoms with E-state index in [0.29, 0.717) is 0 Å². The zero-order valence-corrected chi connectivity index (χ0v) is 14.5. The Hall–Kier alpha value is -2.19. The lowest BCUT2D eigenvalue weighted by Crippen LogP contribution is -2.91. The Morgan fingerprint density at radius 1 is 1.28 bits per heavy atom. The van der Waals surface area contributed by atoms with E-state index in [0.717, 1.165) is 0 Å². The molecule has 8 heteroatoms. The standard InChI is InChI=1S/C17H16ClFN4O2/c1-3-24-17(25-4-2)16(9-21)13(15(16,8-20)14(22)23-17)12-10(18)6-5-7-11(12)19/h5-7,13H,3-4H2,1-2H3,(H2,22,23)/p+1/t13-,15-,16-/m1/s1. The molecule has 0 amide bonds. The number of nitrogens with two attached hydrogens (primary N) is 1. The van der Waals surface area contributed by atoms with Crippen LogP contribution in [0.1, 0.15) is 25.3 Å². The molecule has 3 N–H and O–H groups in total. The topological polar surface area (TPSA) is 106 Å². The number of halogens is 2. The smallest absolute Gasteiger partial charge is 0.314 e. The van der Waals surface area contributed by atoms with E-state index in [4.69, 9.17) is 26.8 Å². The molecule has 0 spiro atoms. The number of ether oxygens (including phenoxy) is 2. The van der Waals surface area contributed by atoms with E-state index in [2.05, 4.69) is 17.1 Å². The molecule has 130 valence electrons. The highest BCUT2D eigenvalue weighted by Gasteiger charge is 2.97. The molecule has 0 bridgehead atoms. The van der Waals surface area contributed by atoms with Crippen molar-refractivity contribution in [2.24, 2.45) is 16.6 Å². The van der Waals surface area contributed by atoms with E-state index in [1.54, 1.807) is 13.8 Å². The molecule has 1 aromatic carbocycles. The third-order valence-corrected chi connectivity index (χ3v) is 5.31. The van der Waals surface area contributed by atoms with Gasteiger partial charge in [-0.25, -0.2) is 9.38 Å².